The lowest BCUT2D eigenvalue weighted by Gasteiger charge is -2.26. The van der Waals surface area contributed by atoms with Gasteiger partial charge in [0.1, 0.15) is 7.14 Å². The fourth-order valence-corrected chi connectivity index (χ4v) is 19.0. The summed E-state index contributed by atoms with van der Waals surface area (Å²) in [4.78, 5) is 0. The van der Waals surface area contributed by atoms with Crippen molar-refractivity contribution in [3.63, 3.8) is 0 Å². The summed E-state index contributed by atoms with van der Waals surface area (Å²) in [6, 6.07) is 63.8. The largest absolute Gasteiger partial charge is 0.448 e. The van der Waals surface area contributed by atoms with Crippen molar-refractivity contribution in [3.05, 3.63) is 206 Å². The van der Waals surface area contributed by atoms with E-state index in [9.17, 15) is 13.2 Å². The van der Waals surface area contributed by atoms with E-state index in [1.807, 2.05) is 164 Å². The molecule has 0 aromatic heterocycles. The number of hydrogen-bond donors (Lipinski definition) is 0. The van der Waals surface area contributed by atoms with Crippen molar-refractivity contribution in [2.75, 3.05) is 6.16 Å². The fraction of sp³-hybridized carbons (Fsp3) is 0.0588. The van der Waals surface area contributed by atoms with Gasteiger partial charge < -0.3 is 9.13 Å². The minimum absolute atomic E-state index is 0.270. The van der Waals surface area contributed by atoms with E-state index in [-0.39, 0.29) is 10.6 Å². The first-order chi connectivity index (χ1) is 37.6. The van der Waals surface area contributed by atoms with Gasteiger partial charge in [-0.1, -0.05) is 164 Å². The Balaban J connectivity index is 0.885. The minimum atomic E-state index is -5.30. The predicted octanol–water partition coefficient (Wildman–Crippen LogP) is 19.0. The molecule has 0 saturated carbocycles. The van der Waals surface area contributed by atoms with E-state index in [1.54, 1.807) is 6.07 Å². The second-order valence-electron chi connectivity index (χ2n) is 21.1. The van der Waals surface area contributed by atoms with Crippen LogP contribution in [0.4, 0.5) is 26.3 Å². The second kappa shape index (κ2) is 15.7. The third-order valence-corrected chi connectivity index (χ3v) is 22.8. The van der Waals surface area contributed by atoms with Crippen LogP contribution in [0.15, 0.2) is 206 Å². The van der Waals surface area contributed by atoms with E-state index in [1.165, 1.54) is 24.3 Å². The molecule has 78 heavy (non-hydrogen) atoms. The molecule has 2 unspecified atom stereocenters. The first kappa shape index (κ1) is 45.9. The lowest BCUT2D eigenvalue weighted by molar-refractivity contribution is -0.129. The highest BCUT2D eigenvalue weighted by atomic mass is 31.2. The van der Waals surface area contributed by atoms with E-state index < -0.39 is 39.0 Å². The SMILES string of the molecule is O=P(CCC(F)(F)F)(c1cc2cccc3ccc4cccc1c4c32)c1cc2cccc3c(-c4ccc5ccc6cc(P(=O)(c7cc8ccc9cccc%10ccc(c7)c8c9%10)C(F)(F)F)cc7ccc4c5c67)cc4cccc1c4c23. The zero-order chi connectivity index (χ0) is 52.8. The molecule has 0 heterocycles. The molecule has 0 aliphatic carbocycles. The van der Waals surface area contributed by atoms with Gasteiger partial charge in [-0.3, -0.25) is 0 Å². The molecule has 0 N–H and O–H groups in total. The molecular formula is C68H38F6O2P2. The zero-order valence-corrected chi connectivity index (χ0v) is 42.8. The van der Waals surface area contributed by atoms with Crippen LogP contribution in [0.2, 0.25) is 0 Å². The van der Waals surface area contributed by atoms with Crippen molar-refractivity contribution < 1.29 is 35.5 Å². The molecule has 16 aromatic carbocycles. The molecule has 2 atom stereocenters. The Morgan fingerprint density at radius 3 is 1.15 bits per heavy atom. The summed E-state index contributed by atoms with van der Waals surface area (Å²) in [7, 11) is -9.39. The van der Waals surface area contributed by atoms with Gasteiger partial charge in [-0.25, -0.2) is 0 Å². The number of benzene rings is 16. The maximum absolute atomic E-state index is 16.5. The summed E-state index contributed by atoms with van der Waals surface area (Å²) in [5, 5.41) is 19.6. The van der Waals surface area contributed by atoms with Crippen molar-refractivity contribution in [1.29, 1.82) is 0 Å². The Bertz CT molecular complexity index is 5250. The number of rotatable bonds is 7. The van der Waals surface area contributed by atoms with Gasteiger partial charge in [0.05, 0.1) is 6.42 Å². The molecule has 0 amide bonds. The van der Waals surface area contributed by atoms with Gasteiger partial charge in [0, 0.05) is 27.4 Å². The molecule has 374 valence electrons. The van der Waals surface area contributed by atoms with E-state index in [4.69, 9.17) is 0 Å². The highest BCUT2D eigenvalue weighted by Crippen LogP contribution is 2.61. The summed E-state index contributed by atoms with van der Waals surface area (Å²) in [6.07, 6.45) is -6.41. The smallest absolute Gasteiger partial charge is 0.314 e. The van der Waals surface area contributed by atoms with E-state index in [0.29, 0.717) is 42.9 Å². The minimum Gasteiger partial charge on any atom is -0.314 e. The van der Waals surface area contributed by atoms with Gasteiger partial charge in [-0.05, 0) is 183 Å². The lowest BCUT2D eigenvalue weighted by Crippen LogP contribution is -2.28. The molecule has 0 saturated heterocycles. The molecule has 16 aromatic rings. The van der Waals surface area contributed by atoms with Crippen LogP contribution in [0.3, 0.4) is 0 Å². The van der Waals surface area contributed by atoms with Gasteiger partial charge in [-0.15, -0.1) is 0 Å². The number of alkyl halides is 6. The van der Waals surface area contributed by atoms with Gasteiger partial charge >= 0.3 is 12.1 Å². The van der Waals surface area contributed by atoms with Crippen LogP contribution in [0.5, 0.6) is 0 Å². The first-order valence-electron chi connectivity index (χ1n) is 25.8. The topological polar surface area (TPSA) is 34.1 Å². The van der Waals surface area contributed by atoms with Crippen LogP contribution in [0.1, 0.15) is 6.42 Å². The van der Waals surface area contributed by atoms with Crippen LogP contribution in [0, 0.1) is 0 Å². The predicted molar refractivity (Wildman–Crippen MR) is 315 cm³/mol. The molecule has 0 aliphatic rings. The highest BCUT2D eigenvalue weighted by Gasteiger charge is 2.54. The van der Waals surface area contributed by atoms with Gasteiger partial charge in [0.2, 0.25) is 7.14 Å². The molecule has 10 heteroatoms. The molecule has 0 fully saturated rings. The Hall–Kier alpha value is -8.28. The standard InChI is InChI=1S/C68H38F6O2P2/c69-67(70,71)28-29-77(75,57-35-43-10-2-8-39-16-17-40-9-3-14-54(57)64(40)60(39)43)58-36-44-12-4-13-52-56(34-42-11-5-15-55(58)66(42)65(44)52)51-26-24-41-20-23-47-32-50(33-48-25-27-53(51)63(41)62(47)48)78(76,68(72,73)74)49-30-45-21-18-37-6-1-7-38-19-22-46(31-49)61(45)59(37)38/h1-27,30-36H,28-29H2. The highest BCUT2D eigenvalue weighted by molar-refractivity contribution is 7.80. The zero-order valence-electron chi connectivity index (χ0n) is 41.0. The molecule has 0 spiro atoms. The summed E-state index contributed by atoms with van der Waals surface area (Å²) < 4.78 is 123. The first-order valence-corrected chi connectivity index (χ1v) is 29.4. The summed E-state index contributed by atoms with van der Waals surface area (Å²) in [6.45, 7) is 0. The maximum atomic E-state index is 16.5. The molecule has 0 radical (unpaired) electrons. The van der Waals surface area contributed by atoms with Crippen LogP contribution in [-0.4, -0.2) is 18.3 Å². The van der Waals surface area contributed by atoms with E-state index in [2.05, 4.69) is 12.1 Å². The van der Waals surface area contributed by atoms with Gasteiger partial charge in [-0.2, -0.15) is 26.3 Å². The third-order valence-electron chi connectivity index (χ3n) is 17.0. The van der Waals surface area contributed by atoms with Crippen molar-refractivity contribution >= 4 is 165 Å². The van der Waals surface area contributed by atoms with Crippen molar-refractivity contribution in [1.82, 2.24) is 0 Å². The molecule has 0 bridgehead atoms. The van der Waals surface area contributed by atoms with Crippen molar-refractivity contribution in [2.45, 2.75) is 18.5 Å². The Morgan fingerprint density at radius 1 is 0.308 bits per heavy atom. The molecule has 0 aliphatic heterocycles. The quantitative estimate of drug-likeness (QED) is 0.0905. The Kier molecular flexibility index (Phi) is 9.23. The van der Waals surface area contributed by atoms with E-state index in [0.717, 1.165) is 108 Å². The average molecular weight is 1060 g/mol. The number of halogens is 6. The number of hydrogen-bond acceptors (Lipinski definition) is 2. The average Bonchev–Trinajstić information content (AvgIpc) is 3.27. The van der Waals surface area contributed by atoms with Gasteiger partial charge in [0.15, 0.2) is 0 Å². The second-order valence-corrected chi connectivity index (χ2v) is 26.8. The van der Waals surface area contributed by atoms with Crippen molar-refractivity contribution in [2.24, 2.45) is 0 Å². The molecular weight excluding hydrogens is 1020 g/mol. The van der Waals surface area contributed by atoms with Crippen LogP contribution in [0.25, 0.3) is 140 Å². The van der Waals surface area contributed by atoms with Gasteiger partial charge in [0.25, 0.3) is 0 Å². The molecule has 2 nitrogen and oxygen atoms in total. The summed E-state index contributed by atoms with van der Waals surface area (Å²) >= 11 is 0. The summed E-state index contributed by atoms with van der Waals surface area (Å²) in [5.74, 6) is -5.10. The maximum Gasteiger partial charge on any atom is 0.448 e. The molecule has 16 rings (SSSR count). The third kappa shape index (κ3) is 6.24. The fourth-order valence-electron chi connectivity index (χ4n) is 13.6. The normalized spacial score (nSPS) is 14.7. The Labute approximate surface area is 440 Å². The van der Waals surface area contributed by atoms with Crippen LogP contribution in [-0.2, 0) is 9.13 Å². The lowest BCUT2D eigenvalue weighted by atomic mass is 9.85. The monoisotopic (exact) mass is 1060 g/mol. The summed E-state index contributed by atoms with van der Waals surface area (Å²) in [5.41, 5.74) is 1.76. The Morgan fingerprint density at radius 2 is 0.628 bits per heavy atom. The van der Waals surface area contributed by atoms with Crippen LogP contribution < -0.4 is 21.2 Å². The van der Waals surface area contributed by atoms with E-state index >= 15 is 22.3 Å². The van der Waals surface area contributed by atoms with Crippen LogP contribution >= 0.6 is 14.3 Å². The van der Waals surface area contributed by atoms with Crippen molar-refractivity contribution in [3.8, 4) is 11.1 Å².